The van der Waals surface area contributed by atoms with E-state index in [2.05, 4.69) is 9.88 Å². The fourth-order valence-electron chi connectivity index (χ4n) is 4.58. The second-order valence-electron chi connectivity index (χ2n) is 8.09. The summed E-state index contributed by atoms with van der Waals surface area (Å²) < 4.78 is 15.6. The van der Waals surface area contributed by atoms with Gasteiger partial charge in [0.25, 0.3) is 11.8 Å². The second-order valence-corrected chi connectivity index (χ2v) is 9.64. The van der Waals surface area contributed by atoms with E-state index in [1.807, 2.05) is 72.5 Å². The van der Waals surface area contributed by atoms with Crippen molar-refractivity contribution in [2.45, 2.75) is 13.0 Å². The van der Waals surface area contributed by atoms with Gasteiger partial charge >= 0.3 is 0 Å². The molecule has 0 spiro atoms. The van der Waals surface area contributed by atoms with Gasteiger partial charge in [-0.1, -0.05) is 47.6 Å². The number of carbonyl (C=O) groups excluding carboxylic acids is 2. The van der Waals surface area contributed by atoms with Gasteiger partial charge in [0.1, 0.15) is 5.75 Å². The Morgan fingerprint density at radius 2 is 1.44 bits per heavy atom. The van der Waals surface area contributed by atoms with Gasteiger partial charge in [0, 0.05) is 65.3 Å². The van der Waals surface area contributed by atoms with Crippen molar-refractivity contribution >= 4 is 55.9 Å². The zero-order valence-electron chi connectivity index (χ0n) is 17.9. The van der Waals surface area contributed by atoms with Gasteiger partial charge in [-0.2, -0.15) is 0 Å². The van der Waals surface area contributed by atoms with Crippen molar-refractivity contribution in [3.8, 4) is 0 Å². The summed E-state index contributed by atoms with van der Waals surface area (Å²) >= 11 is -0.854. The molecule has 0 bridgehead atoms. The highest BCUT2D eigenvalue weighted by atomic mass is 32.2. The normalized spacial score (nSPS) is 15.2. The third-order valence-electron chi connectivity index (χ3n) is 5.99. The predicted octanol–water partition coefficient (Wildman–Crippen LogP) is 3.47. The Bertz CT molecular complexity index is 1410. The quantitative estimate of drug-likeness (QED) is 0.365. The monoisotopic (exact) mass is 445 g/mol. The van der Waals surface area contributed by atoms with Crippen LogP contribution in [0, 0.1) is 0 Å². The zero-order chi connectivity index (χ0) is 22.4. The van der Waals surface area contributed by atoms with Crippen LogP contribution in [-0.4, -0.2) is 37.5 Å². The third-order valence-corrected chi connectivity index (χ3v) is 6.85. The molecule has 0 saturated heterocycles. The lowest BCUT2D eigenvalue weighted by molar-refractivity contribution is -0.122. The maximum absolute atomic E-state index is 13.0. The predicted molar refractivity (Wildman–Crippen MR) is 128 cm³/mol. The van der Waals surface area contributed by atoms with E-state index in [0.29, 0.717) is 23.4 Å². The van der Waals surface area contributed by atoms with Crippen LogP contribution in [0.25, 0.3) is 33.0 Å². The van der Waals surface area contributed by atoms with E-state index in [9.17, 15) is 14.1 Å². The summed E-state index contributed by atoms with van der Waals surface area (Å²) in [6.07, 6.45) is 6.33. The summed E-state index contributed by atoms with van der Waals surface area (Å²) in [5.41, 5.74) is 4.28. The molecular weight excluding hydrogens is 422 g/mol. The Labute approximate surface area is 188 Å². The fraction of sp³-hybridized carbons (Fsp3) is 0.200. The van der Waals surface area contributed by atoms with Crippen molar-refractivity contribution in [1.29, 1.82) is 0 Å². The summed E-state index contributed by atoms with van der Waals surface area (Å²) in [7, 11) is 1.93. The molecule has 1 aliphatic heterocycles. The fourth-order valence-corrected chi connectivity index (χ4v) is 5.11. The number of benzene rings is 2. The summed E-state index contributed by atoms with van der Waals surface area (Å²) in [6.45, 7) is 0.687. The molecule has 0 radical (unpaired) electrons. The third kappa shape index (κ3) is 3.34. The molecule has 2 aromatic carbocycles. The molecule has 1 aliphatic rings. The minimum absolute atomic E-state index is 0.375. The number of hydrogen-bond acceptors (Lipinski definition) is 3. The van der Waals surface area contributed by atoms with E-state index in [4.69, 9.17) is 0 Å². The highest BCUT2D eigenvalue weighted by Crippen LogP contribution is 2.38. The minimum Gasteiger partial charge on any atom is -0.617 e. The van der Waals surface area contributed by atoms with Gasteiger partial charge in [0.2, 0.25) is 0 Å². The lowest BCUT2D eigenvalue weighted by Gasteiger charge is -2.06. The number of aromatic nitrogens is 2. The number of fused-ring (bicyclic) bond motifs is 2. The standard InChI is InChI=1S/C25H23N3O3S/c1-27-14-18(16-8-3-5-10-20(16)27)22-23(25(30)26-24(22)29)19-15-28(12-7-13-32(2)31)21-11-6-4-9-17(19)21/h3-6,8-11,14-15H,7,12-13H2,1-2H3,(H,26,29,30). The molecule has 0 saturated carbocycles. The van der Waals surface area contributed by atoms with Crippen molar-refractivity contribution in [3.05, 3.63) is 72.1 Å². The average molecular weight is 446 g/mol. The summed E-state index contributed by atoms with van der Waals surface area (Å²) in [5, 5.41) is 4.36. The van der Waals surface area contributed by atoms with E-state index in [1.54, 1.807) is 6.26 Å². The average Bonchev–Trinajstić information content (AvgIpc) is 3.39. The first kappa shape index (κ1) is 20.6. The van der Waals surface area contributed by atoms with Crippen molar-refractivity contribution in [1.82, 2.24) is 14.5 Å². The zero-order valence-corrected chi connectivity index (χ0v) is 18.7. The summed E-state index contributed by atoms with van der Waals surface area (Å²) in [6, 6.07) is 15.7. The Kier molecular flexibility index (Phi) is 5.15. The van der Waals surface area contributed by atoms with Gasteiger partial charge in [-0.25, -0.2) is 0 Å². The molecule has 162 valence electrons. The van der Waals surface area contributed by atoms with Crippen molar-refractivity contribution < 1.29 is 14.1 Å². The van der Waals surface area contributed by atoms with Gasteiger partial charge in [-0.3, -0.25) is 14.9 Å². The summed E-state index contributed by atoms with van der Waals surface area (Å²) in [4.78, 5) is 26.0. The highest BCUT2D eigenvalue weighted by molar-refractivity contribution is 7.90. The van der Waals surface area contributed by atoms with Crippen LogP contribution in [0.15, 0.2) is 60.9 Å². The van der Waals surface area contributed by atoms with Crippen LogP contribution in [0.3, 0.4) is 0 Å². The number of hydrogen-bond donors (Lipinski definition) is 1. The Morgan fingerprint density at radius 3 is 2.09 bits per heavy atom. The molecule has 7 heteroatoms. The number of nitrogens with one attached hydrogen (secondary N) is 1. The maximum atomic E-state index is 13.0. The van der Waals surface area contributed by atoms with Crippen LogP contribution in [0.5, 0.6) is 0 Å². The van der Waals surface area contributed by atoms with Gasteiger partial charge in [-0.15, -0.1) is 0 Å². The SMILES string of the molecule is Cn1cc(C2=C(c3cn(CCC[S+](C)[O-])c4ccccc34)C(=O)NC2=O)c2ccccc21. The number of carbonyl (C=O) groups is 2. The Balaban J connectivity index is 1.72. The van der Waals surface area contributed by atoms with E-state index in [1.165, 1.54) is 0 Å². The van der Waals surface area contributed by atoms with E-state index in [-0.39, 0.29) is 11.8 Å². The molecular formula is C25H23N3O3S. The van der Waals surface area contributed by atoms with Crippen LogP contribution >= 0.6 is 0 Å². The number of rotatable bonds is 6. The number of imide groups is 1. The smallest absolute Gasteiger partial charge is 0.259 e. The summed E-state index contributed by atoms with van der Waals surface area (Å²) in [5.74, 6) is -0.139. The molecule has 5 rings (SSSR count). The number of aryl methyl sites for hydroxylation is 2. The first-order valence-corrected chi connectivity index (χ1v) is 12.2. The first-order valence-electron chi connectivity index (χ1n) is 10.5. The Morgan fingerprint density at radius 1 is 0.875 bits per heavy atom. The first-order chi connectivity index (χ1) is 15.5. The van der Waals surface area contributed by atoms with Crippen LogP contribution in [-0.2, 0) is 34.4 Å². The van der Waals surface area contributed by atoms with Crippen LogP contribution in [0.1, 0.15) is 17.5 Å². The maximum Gasteiger partial charge on any atom is 0.259 e. The molecule has 2 amide bonds. The van der Waals surface area contributed by atoms with Crippen LogP contribution in [0.2, 0.25) is 0 Å². The lowest BCUT2D eigenvalue weighted by atomic mass is 9.95. The van der Waals surface area contributed by atoms with E-state index >= 15 is 0 Å². The molecule has 0 fully saturated rings. The van der Waals surface area contributed by atoms with Crippen molar-refractivity contribution in [3.63, 3.8) is 0 Å². The van der Waals surface area contributed by atoms with Gasteiger partial charge < -0.3 is 13.7 Å². The molecule has 3 heterocycles. The molecule has 1 atom stereocenters. The largest absolute Gasteiger partial charge is 0.617 e. The van der Waals surface area contributed by atoms with Crippen molar-refractivity contribution in [2.75, 3.05) is 12.0 Å². The minimum atomic E-state index is -0.854. The molecule has 4 aromatic rings. The van der Waals surface area contributed by atoms with E-state index in [0.717, 1.165) is 39.4 Å². The Hall–Kier alpha value is -3.29. The van der Waals surface area contributed by atoms with Gasteiger partial charge in [0.15, 0.2) is 0 Å². The molecule has 32 heavy (non-hydrogen) atoms. The lowest BCUT2D eigenvalue weighted by Crippen LogP contribution is -2.22. The number of para-hydroxylation sites is 2. The molecule has 1 unspecified atom stereocenters. The molecule has 2 aromatic heterocycles. The second kappa shape index (κ2) is 8.00. The number of amides is 2. The van der Waals surface area contributed by atoms with E-state index < -0.39 is 11.2 Å². The molecule has 6 nitrogen and oxygen atoms in total. The van der Waals surface area contributed by atoms with Gasteiger partial charge in [0.05, 0.1) is 17.4 Å². The molecule has 1 N–H and O–H groups in total. The van der Waals surface area contributed by atoms with Gasteiger partial charge in [-0.05, 0) is 12.1 Å². The van der Waals surface area contributed by atoms with Crippen LogP contribution < -0.4 is 5.32 Å². The molecule has 0 aliphatic carbocycles. The number of nitrogens with zero attached hydrogens (tertiary/aromatic N) is 2. The topological polar surface area (TPSA) is 79.1 Å². The highest BCUT2D eigenvalue weighted by Gasteiger charge is 2.35. The van der Waals surface area contributed by atoms with Crippen molar-refractivity contribution in [2.24, 2.45) is 7.05 Å². The van der Waals surface area contributed by atoms with Crippen LogP contribution in [0.4, 0.5) is 0 Å².